The molecule has 0 saturated heterocycles. The number of para-hydroxylation sites is 1. The Morgan fingerprint density at radius 1 is 1.11 bits per heavy atom. The van der Waals surface area contributed by atoms with E-state index in [1.165, 1.54) is 30.3 Å². The van der Waals surface area contributed by atoms with E-state index in [9.17, 15) is 13.9 Å². The molecule has 5 heteroatoms. The third-order valence-electron chi connectivity index (χ3n) is 2.69. The summed E-state index contributed by atoms with van der Waals surface area (Å²) in [6, 6.07) is 10.2. The molecule has 19 heavy (non-hydrogen) atoms. The molecule has 1 atom stereocenters. The second kappa shape index (κ2) is 6.12. The maximum atomic E-state index is 13.5. The van der Waals surface area contributed by atoms with Gasteiger partial charge in [0.2, 0.25) is 0 Å². The van der Waals surface area contributed by atoms with E-state index in [-0.39, 0.29) is 12.4 Å². The van der Waals surface area contributed by atoms with E-state index in [4.69, 9.17) is 0 Å². The molecular weight excluding hydrogens is 316 g/mol. The smallest absolute Gasteiger partial charge is 0.147 e. The summed E-state index contributed by atoms with van der Waals surface area (Å²) in [7, 11) is 0. The van der Waals surface area contributed by atoms with Gasteiger partial charge in [-0.1, -0.05) is 18.2 Å². The van der Waals surface area contributed by atoms with Gasteiger partial charge in [-0.15, -0.1) is 0 Å². The average Bonchev–Trinajstić information content (AvgIpc) is 2.38. The number of nitrogens with one attached hydrogen (secondary N) is 1. The fourth-order valence-electron chi connectivity index (χ4n) is 1.67. The monoisotopic (exact) mass is 327 g/mol. The van der Waals surface area contributed by atoms with Crippen molar-refractivity contribution in [1.29, 1.82) is 0 Å². The largest absolute Gasteiger partial charge is 0.387 e. The second-order valence-corrected chi connectivity index (χ2v) is 4.90. The highest BCUT2D eigenvalue weighted by Crippen LogP contribution is 2.26. The summed E-state index contributed by atoms with van der Waals surface area (Å²) in [5.41, 5.74) is 0.866. The molecule has 2 rings (SSSR count). The predicted molar refractivity (Wildman–Crippen MR) is 73.9 cm³/mol. The molecule has 2 aromatic carbocycles. The Hall–Kier alpha value is -1.46. The summed E-state index contributed by atoms with van der Waals surface area (Å²) < 4.78 is 26.9. The molecule has 2 nitrogen and oxygen atoms in total. The van der Waals surface area contributed by atoms with Crippen LogP contribution >= 0.6 is 15.9 Å². The van der Waals surface area contributed by atoms with Gasteiger partial charge in [0.25, 0.3) is 0 Å². The maximum absolute atomic E-state index is 13.5. The molecule has 0 heterocycles. The quantitative estimate of drug-likeness (QED) is 0.893. The van der Waals surface area contributed by atoms with Crippen LogP contribution in [0.2, 0.25) is 0 Å². The van der Waals surface area contributed by atoms with Crippen LogP contribution in [0, 0.1) is 11.6 Å². The second-order valence-electron chi connectivity index (χ2n) is 4.04. The zero-order valence-electron chi connectivity index (χ0n) is 9.91. The van der Waals surface area contributed by atoms with E-state index in [1.54, 1.807) is 12.1 Å². The molecule has 100 valence electrons. The van der Waals surface area contributed by atoms with Crippen LogP contribution in [-0.4, -0.2) is 11.7 Å². The van der Waals surface area contributed by atoms with Crippen LogP contribution < -0.4 is 5.32 Å². The van der Waals surface area contributed by atoms with E-state index in [0.29, 0.717) is 15.7 Å². The minimum Gasteiger partial charge on any atom is -0.387 e. The molecule has 0 aliphatic heterocycles. The molecule has 1 unspecified atom stereocenters. The lowest BCUT2D eigenvalue weighted by molar-refractivity contribution is 0.191. The lowest BCUT2D eigenvalue weighted by Crippen LogP contribution is -2.13. The van der Waals surface area contributed by atoms with E-state index >= 15 is 0 Å². The minimum absolute atomic E-state index is 0.130. The van der Waals surface area contributed by atoms with Crippen molar-refractivity contribution in [2.24, 2.45) is 0 Å². The van der Waals surface area contributed by atoms with Crippen molar-refractivity contribution in [2.75, 3.05) is 11.9 Å². The number of halogens is 3. The van der Waals surface area contributed by atoms with Gasteiger partial charge in [-0.3, -0.25) is 0 Å². The summed E-state index contributed by atoms with van der Waals surface area (Å²) in [5.74, 6) is -0.763. The molecule has 0 fully saturated rings. The zero-order valence-corrected chi connectivity index (χ0v) is 11.5. The summed E-state index contributed by atoms with van der Waals surface area (Å²) in [6.07, 6.45) is -0.841. The third-order valence-corrected chi connectivity index (χ3v) is 3.35. The molecule has 2 N–H and O–H groups in total. The minimum atomic E-state index is -0.841. The van der Waals surface area contributed by atoms with Crippen LogP contribution in [0.3, 0.4) is 0 Å². The zero-order chi connectivity index (χ0) is 13.8. The van der Waals surface area contributed by atoms with Gasteiger partial charge in [-0.05, 0) is 45.8 Å². The Labute approximate surface area is 118 Å². The number of benzene rings is 2. The Morgan fingerprint density at radius 2 is 1.79 bits per heavy atom. The van der Waals surface area contributed by atoms with Gasteiger partial charge in [0.1, 0.15) is 11.6 Å². The van der Waals surface area contributed by atoms with E-state index in [1.807, 2.05) is 0 Å². The van der Waals surface area contributed by atoms with E-state index < -0.39 is 11.9 Å². The van der Waals surface area contributed by atoms with Gasteiger partial charge in [0.15, 0.2) is 0 Å². The van der Waals surface area contributed by atoms with Gasteiger partial charge in [-0.25, -0.2) is 8.78 Å². The SMILES string of the molecule is OC(CNc1c(F)cccc1Br)c1ccc(F)cc1. The number of hydrogen-bond donors (Lipinski definition) is 2. The van der Waals surface area contributed by atoms with Crippen molar-refractivity contribution in [2.45, 2.75) is 6.10 Å². The van der Waals surface area contributed by atoms with Gasteiger partial charge < -0.3 is 10.4 Å². The molecule has 0 radical (unpaired) electrons. The van der Waals surface area contributed by atoms with Crippen molar-refractivity contribution in [3.8, 4) is 0 Å². The highest BCUT2D eigenvalue weighted by molar-refractivity contribution is 9.10. The van der Waals surface area contributed by atoms with Gasteiger partial charge in [-0.2, -0.15) is 0 Å². The average molecular weight is 328 g/mol. The highest BCUT2D eigenvalue weighted by Gasteiger charge is 2.10. The summed E-state index contributed by atoms with van der Waals surface area (Å²) in [6.45, 7) is 0.130. The molecule has 0 aromatic heterocycles. The van der Waals surface area contributed by atoms with Crippen molar-refractivity contribution in [1.82, 2.24) is 0 Å². The molecule has 0 amide bonds. The molecule has 0 saturated carbocycles. The van der Waals surface area contributed by atoms with Crippen molar-refractivity contribution < 1.29 is 13.9 Å². The van der Waals surface area contributed by atoms with Crippen LogP contribution in [0.5, 0.6) is 0 Å². The molecule has 0 aliphatic carbocycles. The first-order valence-electron chi connectivity index (χ1n) is 5.69. The van der Waals surface area contributed by atoms with Crippen LogP contribution in [-0.2, 0) is 0 Å². The van der Waals surface area contributed by atoms with Gasteiger partial charge in [0, 0.05) is 11.0 Å². The fraction of sp³-hybridized carbons (Fsp3) is 0.143. The lowest BCUT2D eigenvalue weighted by atomic mass is 10.1. The first-order chi connectivity index (χ1) is 9.08. The van der Waals surface area contributed by atoms with Crippen molar-refractivity contribution in [3.63, 3.8) is 0 Å². The van der Waals surface area contributed by atoms with Crippen molar-refractivity contribution in [3.05, 3.63) is 64.1 Å². The Bertz CT molecular complexity index is 540. The number of anilines is 1. The standard InChI is InChI=1S/C14H12BrF2NO/c15-11-2-1-3-12(17)14(11)18-8-13(19)9-4-6-10(16)7-5-9/h1-7,13,18-19H,8H2. The number of rotatable bonds is 4. The summed E-state index contributed by atoms with van der Waals surface area (Å²) in [4.78, 5) is 0. The first-order valence-corrected chi connectivity index (χ1v) is 6.48. The van der Waals surface area contributed by atoms with Gasteiger partial charge in [0.05, 0.1) is 11.8 Å². The fourth-order valence-corrected chi connectivity index (χ4v) is 2.15. The summed E-state index contributed by atoms with van der Waals surface area (Å²) >= 11 is 3.23. The summed E-state index contributed by atoms with van der Waals surface area (Å²) in [5, 5.41) is 12.8. The number of aliphatic hydroxyl groups is 1. The number of hydrogen-bond acceptors (Lipinski definition) is 2. The topological polar surface area (TPSA) is 32.3 Å². The molecule has 0 spiro atoms. The Morgan fingerprint density at radius 3 is 2.42 bits per heavy atom. The molecule has 0 aliphatic rings. The lowest BCUT2D eigenvalue weighted by Gasteiger charge is -2.14. The first kappa shape index (κ1) is 14.0. The van der Waals surface area contributed by atoms with Gasteiger partial charge >= 0.3 is 0 Å². The Kier molecular flexibility index (Phi) is 4.50. The van der Waals surface area contributed by atoms with Crippen LogP contribution in [0.15, 0.2) is 46.9 Å². The van der Waals surface area contributed by atoms with Crippen LogP contribution in [0.4, 0.5) is 14.5 Å². The third kappa shape index (κ3) is 3.52. The molecule has 0 bridgehead atoms. The van der Waals surface area contributed by atoms with E-state index in [0.717, 1.165) is 0 Å². The number of aliphatic hydroxyl groups excluding tert-OH is 1. The highest BCUT2D eigenvalue weighted by atomic mass is 79.9. The Balaban J connectivity index is 2.04. The predicted octanol–water partition coefficient (Wildman–Crippen LogP) is 3.87. The van der Waals surface area contributed by atoms with E-state index in [2.05, 4.69) is 21.2 Å². The normalized spacial score (nSPS) is 12.2. The molecular formula is C14H12BrF2NO. The maximum Gasteiger partial charge on any atom is 0.147 e. The van der Waals surface area contributed by atoms with Crippen LogP contribution in [0.1, 0.15) is 11.7 Å². The van der Waals surface area contributed by atoms with Crippen LogP contribution in [0.25, 0.3) is 0 Å². The van der Waals surface area contributed by atoms with Crippen molar-refractivity contribution >= 4 is 21.6 Å². The molecule has 2 aromatic rings.